The lowest BCUT2D eigenvalue weighted by atomic mass is 9.96. The number of benzene rings is 1. The molecule has 1 aliphatic rings. The summed E-state index contributed by atoms with van der Waals surface area (Å²) in [5, 5.41) is 11.7. The fraction of sp³-hybridized carbons (Fsp3) is 0.550. The van der Waals surface area contributed by atoms with Crippen LogP contribution in [-0.4, -0.2) is 17.7 Å². The highest BCUT2D eigenvalue weighted by Gasteiger charge is 2.27. The van der Waals surface area contributed by atoms with Gasteiger partial charge in [-0.25, -0.2) is 4.79 Å². The van der Waals surface area contributed by atoms with Crippen LogP contribution in [0.1, 0.15) is 56.2 Å². The number of rotatable bonds is 4. The van der Waals surface area contributed by atoms with Gasteiger partial charge in [0, 0.05) is 11.5 Å². The van der Waals surface area contributed by atoms with Gasteiger partial charge < -0.3 is 14.4 Å². The van der Waals surface area contributed by atoms with E-state index in [4.69, 9.17) is 4.42 Å². The number of piperidine rings is 1. The summed E-state index contributed by atoms with van der Waals surface area (Å²) in [5.74, 6) is 0.312. The summed E-state index contributed by atoms with van der Waals surface area (Å²) in [7, 11) is 0. The third kappa shape index (κ3) is 3.07. The van der Waals surface area contributed by atoms with Crippen molar-refractivity contribution in [2.45, 2.75) is 65.5 Å². The molecule has 1 aromatic heterocycles. The van der Waals surface area contributed by atoms with Gasteiger partial charge in [-0.15, -0.1) is 0 Å². The zero-order chi connectivity index (χ0) is 17.3. The van der Waals surface area contributed by atoms with E-state index in [1.54, 1.807) is 0 Å². The first-order valence-corrected chi connectivity index (χ1v) is 9.17. The largest absolute Gasteiger partial charge is 0.507 e. The molecule has 4 nitrogen and oxygen atoms in total. The van der Waals surface area contributed by atoms with E-state index >= 15 is 0 Å². The molecule has 2 N–H and O–H groups in total. The number of quaternary nitrogens is 1. The maximum atomic E-state index is 11.9. The topological polar surface area (TPSA) is 54.9 Å². The third-order valence-electron chi connectivity index (χ3n) is 5.54. The minimum absolute atomic E-state index is 0.312. The van der Waals surface area contributed by atoms with Crippen LogP contribution in [0.25, 0.3) is 11.0 Å². The predicted molar refractivity (Wildman–Crippen MR) is 95.7 cm³/mol. The van der Waals surface area contributed by atoms with Crippen LogP contribution in [0.4, 0.5) is 0 Å². The number of fused-ring (bicyclic) bond motifs is 1. The van der Waals surface area contributed by atoms with Crippen molar-refractivity contribution in [2.24, 2.45) is 0 Å². The molecule has 0 bridgehead atoms. The second kappa shape index (κ2) is 6.98. The molecule has 0 amide bonds. The predicted octanol–water partition coefficient (Wildman–Crippen LogP) is 2.72. The molecule has 0 radical (unpaired) electrons. The van der Waals surface area contributed by atoms with Gasteiger partial charge in [0.2, 0.25) is 0 Å². The van der Waals surface area contributed by atoms with Crippen molar-refractivity contribution >= 4 is 11.0 Å². The van der Waals surface area contributed by atoms with Gasteiger partial charge in [0.25, 0.3) is 0 Å². The number of phenols is 1. The summed E-state index contributed by atoms with van der Waals surface area (Å²) < 4.78 is 5.54. The molecule has 0 spiro atoms. The Labute approximate surface area is 143 Å². The highest BCUT2D eigenvalue weighted by atomic mass is 16.4. The Morgan fingerprint density at radius 1 is 1.29 bits per heavy atom. The molecule has 0 aliphatic carbocycles. The SMILES string of the molecule is CCc1cc2c(C)cc(=O)oc2c(C[NH+]2CCCC[C@@H]2CC)c1O. The first-order chi connectivity index (χ1) is 11.5. The van der Waals surface area contributed by atoms with E-state index in [0.29, 0.717) is 17.4 Å². The molecular formula is C20H28NO3+. The van der Waals surface area contributed by atoms with Crippen molar-refractivity contribution in [3.63, 3.8) is 0 Å². The van der Waals surface area contributed by atoms with Crippen LogP contribution in [0.2, 0.25) is 0 Å². The molecule has 2 atom stereocenters. The summed E-state index contributed by atoms with van der Waals surface area (Å²) in [6.07, 6.45) is 5.66. The molecule has 4 heteroatoms. The van der Waals surface area contributed by atoms with Gasteiger partial charge in [0.15, 0.2) is 5.58 Å². The van der Waals surface area contributed by atoms with Gasteiger partial charge in [-0.3, -0.25) is 0 Å². The first kappa shape index (κ1) is 17.0. The summed E-state index contributed by atoms with van der Waals surface area (Å²) in [5.41, 5.74) is 2.88. The number of nitrogens with one attached hydrogen (secondary N) is 1. The van der Waals surface area contributed by atoms with E-state index in [-0.39, 0.29) is 5.63 Å². The molecule has 1 unspecified atom stereocenters. The Hall–Kier alpha value is -1.81. The molecule has 24 heavy (non-hydrogen) atoms. The minimum atomic E-state index is -0.342. The Balaban J connectivity index is 2.14. The quantitative estimate of drug-likeness (QED) is 0.848. The van der Waals surface area contributed by atoms with Crippen LogP contribution in [-0.2, 0) is 13.0 Å². The molecule has 0 saturated carbocycles. The van der Waals surface area contributed by atoms with Gasteiger partial charge in [-0.1, -0.05) is 13.8 Å². The van der Waals surface area contributed by atoms with Crippen molar-refractivity contribution < 1.29 is 14.4 Å². The lowest BCUT2D eigenvalue weighted by Gasteiger charge is -2.32. The molecular weight excluding hydrogens is 302 g/mol. The van der Waals surface area contributed by atoms with Crippen LogP contribution in [0.5, 0.6) is 5.75 Å². The van der Waals surface area contributed by atoms with E-state index < -0.39 is 0 Å². The minimum Gasteiger partial charge on any atom is -0.507 e. The standard InChI is InChI=1S/C20H27NO3/c1-4-14-11-16-13(3)10-18(22)24-20(16)17(19(14)23)12-21-9-7-6-8-15(21)5-2/h10-11,15,23H,4-9,12H2,1-3H3/p+1/t15-/m0/s1. The van der Waals surface area contributed by atoms with Crippen molar-refractivity contribution in [1.82, 2.24) is 0 Å². The molecule has 1 saturated heterocycles. The Bertz CT molecular complexity index is 794. The van der Waals surface area contributed by atoms with E-state index in [2.05, 4.69) is 6.92 Å². The number of hydrogen-bond acceptors (Lipinski definition) is 3. The molecule has 2 heterocycles. The van der Waals surface area contributed by atoms with Gasteiger partial charge in [0.1, 0.15) is 12.3 Å². The monoisotopic (exact) mass is 330 g/mol. The smallest absolute Gasteiger partial charge is 0.336 e. The average Bonchev–Trinajstić information content (AvgIpc) is 2.57. The second-order valence-corrected chi connectivity index (χ2v) is 7.03. The number of likely N-dealkylation sites (tertiary alicyclic amines) is 1. The average molecular weight is 330 g/mol. The zero-order valence-corrected chi connectivity index (χ0v) is 14.9. The van der Waals surface area contributed by atoms with Crippen molar-refractivity contribution in [3.05, 3.63) is 39.2 Å². The summed E-state index contributed by atoms with van der Waals surface area (Å²) in [6, 6.07) is 4.12. The maximum Gasteiger partial charge on any atom is 0.336 e. The van der Waals surface area contributed by atoms with Crippen molar-refractivity contribution in [3.8, 4) is 5.75 Å². The van der Waals surface area contributed by atoms with E-state index in [1.165, 1.54) is 30.2 Å². The van der Waals surface area contributed by atoms with Gasteiger partial charge >= 0.3 is 5.63 Å². The van der Waals surface area contributed by atoms with E-state index in [1.807, 2.05) is 19.9 Å². The number of phenolic OH excluding ortho intramolecular Hbond substituents is 1. The molecule has 1 fully saturated rings. The fourth-order valence-corrected chi connectivity index (χ4v) is 4.10. The van der Waals surface area contributed by atoms with Crippen molar-refractivity contribution in [1.29, 1.82) is 0 Å². The number of aryl methyl sites for hydroxylation is 2. The Morgan fingerprint density at radius 3 is 2.79 bits per heavy atom. The maximum absolute atomic E-state index is 11.9. The molecule has 2 aromatic rings. The summed E-state index contributed by atoms with van der Waals surface area (Å²) >= 11 is 0. The van der Waals surface area contributed by atoms with E-state index in [0.717, 1.165) is 48.0 Å². The third-order valence-corrected chi connectivity index (χ3v) is 5.54. The van der Waals surface area contributed by atoms with E-state index in [9.17, 15) is 9.90 Å². The summed E-state index contributed by atoms with van der Waals surface area (Å²) in [6.45, 7) is 8.05. The number of hydrogen-bond donors (Lipinski definition) is 2. The van der Waals surface area contributed by atoms with Crippen molar-refractivity contribution in [2.75, 3.05) is 6.54 Å². The van der Waals surface area contributed by atoms with Crippen LogP contribution in [0, 0.1) is 6.92 Å². The molecule has 130 valence electrons. The second-order valence-electron chi connectivity index (χ2n) is 7.03. The van der Waals surface area contributed by atoms with Crippen LogP contribution in [0.3, 0.4) is 0 Å². The highest BCUT2D eigenvalue weighted by Crippen LogP contribution is 2.32. The zero-order valence-electron chi connectivity index (χ0n) is 14.9. The fourth-order valence-electron chi connectivity index (χ4n) is 4.10. The van der Waals surface area contributed by atoms with Gasteiger partial charge in [-0.2, -0.15) is 0 Å². The lowest BCUT2D eigenvalue weighted by molar-refractivity contribution is -0.944. The normalized spacial score (nSPS) is 21.3. The number of aromatic hydroxyl groups is 1. The molecule has 3 rings (SSSR count). The Kier molecular flexibility index (Phi) is 4.95. The summed E-state index contributed by atoms with van der Waals surface area (Å²) in [4.78, 5) is 13.4. The molecule has 1 aliphatic heterocycles. The first-order valence-electron chi connectivity index (χ1n) is 9.17. The van der Waals surface area contributed by atoms with Crippen LogP contribution >= 0.6 is 0 Å². The van der Waals surface area contributed by atoms with Crippen LogP contribution in [0.15, 0.2) is 21.3 Å². The Morgan fingerprint density at radius 2 is 2.08 bits per heavy atom. The molecule has 1 aromatic carbocycles. The van der Waals surface area contributed by atoms with Gasteiger partial charge in [0.05, 0.1) is 18.2 Å². The van der Waals surface area contributed by atoms with Gasteiger partial charge in [-0.05, 0) is 56.2 Å². The van der Waals surface area contributed by atoms with Crippen LogP contribution < -0.4 is 10.5 Å². The lowest BCUT2D eigenvalue weighted by Crippen LogP contribution is -3.15. The highest BCUT2D eigenvalue weighted by molar-refractivity contribution is 5.86.